The minimum Gasteiger partial charge on any atom is -0.427 e. The van der Waals surface area contributed by atoms with Crippen molar-refractivity contribution in [2.45, 2.75) is 20.3 Å². The number of esters is 1. The third-order valence-corrected chi connectivity index (χ3v) is 4.46. The van der Waals surface area contributed by atoms with E-state index in [1.54, 1.807) is 49.0 Å². The predicted molar refractivity (Wildman–Crippen MR) is 88.5 cm³/mol. The average molecular weight is 321 g/mol. The molecule has 1 aliphatic rings. The van der Waals surface area contributed by atoms with Gasteiger partial charge in [-0.05, 0) is 41.3 Å². The maximum absolute atomic E-state index is 11.8. The highest BCUT2D eigenvalue weighted by molar-refractivity contribution is 8.45. The van der Waals surface area contributed by atoms with E-state index in [9.17, 15) is 9.59 Å². The number of ether oxygens (including phenoxy) is 1. The highest BCUT2D eigenvalue weighted by Gasteiger charge is 2.21. The third-order valence-electron chi connectivity index (χ3n) is 2.57. The summed E-state index contributed by atoms with van der Waals surface area (Å²) in [7, 11) is 0. The summed E-state index contributed by atoms with van der Waals surface area (Å²) in [5.41, 5.74) is 1.30. The Bertz CT molecular complexity index is 606. The zero-order chi connectivity index (χ0) is 15.2. The van der Waals surface area contributed by atoms with E-state index in [1.807, 2.05) is 6.92 Å². The molecular weight excluding hydrogens is 306 g/mol. The lowest BCUT2D eigenvalue weighted by molar-refractivity contribution is -0.134. The lowest BCUT2D eigenvalue weighted by Gasteiger charge is -2.02. The first-order chi connectivity index (χ1) is 10.1. The van der Waals surface area contributed by atoms with E-state index in [1.165, 1.54) is 11.8 Å². The molecular formula is C15H15NO3S2. The van der Waals surface area contributed by atoms with Gasteiger partial charge in [-0.1, -0.05) is 37.7 Å². The van der Waals surface area contributed by atoms with Crippen LogP contribution in [0.25, 0.3) is 6.08 Å². The van der Waals surface area contributed by atoms with Crippen LogP contribution in [0.3, 0.4) is 0 Å². The Hall–Kier alpha value is -1.53. The molecule has 0 N–H and O–H groups in total. The number of hydrogen-bond donors (Lipinski definition) is 0. The van der Waals surface area contributed by atoms with Crippen molar-refractivity contribution in [2.75, 3.05) is 5.75 Å². The van der Waals surface area contributed by atoms with Crippen molar-refractivity contribution < 1.29 is 14.3 Å². The van der Waals surface area contributed by atoms with Crippen LogP contribution in [0.4, 0.5) is 0 Å². The summed E-state index contributed by atoms with van der Waals surface area (Å²) >= 11 is 2.73. The minimum absolute atomic E-state index is 0.0348. The van der Waals surface area contributed by atoms with Gasteiger partial charge in [0, 0.05) is 6.42 Å². The fraction of sp³-hybridized carbons (Fsp3) is 0.267. The fourth-order valence-corrected chi connectivity index (χ4v) is 3.31. The number of benzene rings is 1. The van der Waals surface area contributed by atoms with Gasteiger partial charge in [-0.15, -0.1) is 0 Å². The lowest BCUT2D eigenvalue weighted by Crippen LogP contribution is -2.05. The average Bonchev–Trinajstić information content (AvgIpc) is 2.81. The van der Waals surface area contributed by atoms with Crippen LogP contribution in [0.2, 0.25) is 0 Å². The second-order valence-corrected chi connectivity index (χ2v) is 6.60. The number of nitrogens with zero attached hydrogens (tertiary/aromatic N) is 1. The number of hydrogen-bond acceptors (Lipinski definition) is 6. The van der Waals surface area contributed by atoms with E-state index >= 15 is 0 Å². The quantitative estimate of drug-likeness (QED) is 0.480. The Morgan fingerprint density at radius 2 is 2.05 bits per heavy atom. The second-order valence-electron chi connectivity index (χ2n) is 4.13. The summed E-state index contributed by atoms with van der Waals surface area (Å²) < 4.78 is 5.89. The van der Waals surface area contributed by atoms with Crippen LogP contribution in [-0.2, 0) is 9.59 Å². The summed E-state index contributed by atoms with van der Waals surface area (Å²) in [5.74, 6) is 1.13. The molecule has 0 amide bonds. The maximum Gasteiger partial charge on any atom is 0.310 e. The van der Waals surface area contributed by atoms with E-state index < -0.39 is 0 Å². The largest absolute Gasteiger partial charge is 0.427 e. The molecule has 21 heavy (non-hydrogen) atoms. The van der Waals surface area contributed by atoms with E-state index in [0.29, 0.717) is 17.9 Å². The van der Waals surface area contributed by atoms with Crippen molar-refractivity contribution in [1.82, 2.24) is 0 Å². The molecule has 0 fully saturated rings. The Morgan fingerprint density at radius 1 is 1.33 bits per heavy atom. The molecule has 110 valence electrons. The van der Waals surface area contributed by atoms with Crippen LogP contribution in [0.5, 0.6) is 5.75 Å². The van der Waals surface area contributed by atoms with Crippen molar-refractivity contribution in [1.29, 1.82) is 0 Å². The second kappa shape index (κ2) is 7.47. The first-order valence-electron chi connectivity index (χ1n) is 6.58. The van der Waals surface area contributed by atoms with Gasteiger partial charge >= 0.3 is 5.97 Å². The molecule has 1 aromatic rings. The molecule has 0 atom stereocenters. The van der Waals surface area contributed by atoms with Gasteiger partial charge in [-0.2, -0.15) is 0 Å². The molecule has 0 unspecified atom stereocenters. The molecule has 0 saturated carbocycles. The molecule has 0 radical (unpaired) electrons. The number of thioether (sulfide) groups is 2. The summed E-state index contributed by atoms with van der Waals surface area (Å²) in [5, 5.41) is -0.0348. The van der Waals surface area contributed by atoms with Crippen molar-refractivity contribution in [2.24, 2.45) is 4.99 Å². The van der Waals surface area contributed by atoms with Crippen LogP contribution < -0.4 is 4.74 Å². The highest BCUT2D eigenvalue weighted by Crippen LogP contribution is 2.30. The normalized spacial score (nSPS) is 16.2. The van der Waals surface area contributed by atoms with Crippen LogP contribution >= 0.6 is 23.5 Å². The number of carbonyl (C=O) groups is 2. The van der Waals surface area contributed by atoms with Crippen molar-refractivity contribution in [3.05, 3.63) is 35.5 Å². The van der Waals surface area contributed by atoms with Crippen LogP contribution in [0.15, 0.2) is 35.0 Å². The summed E-state index contributed by atoms with van der Waals surface area (Å²) in [4.78, 5) is 27.3. The molecule has 1 aromatic carbocycles. The van der Waals surface area contributed by atoms with Crippen molar-refractivity contribution in [3.63, 3.8) is 0 Å². The smallest absolute Gasteiger partial charge is 0.310 e. The SMILES string of the molecule is CCSC1=N/C(=C\c2ccc(OC(=O)CC)cc2)C(=O)S1. The first kappa shape index (κ1) is 15.9. The molecule has 2 rings (SSSR count). The minimum atomic E-state index is -0.269. The van der Waals surface area contributed by atoms with E-state index in [-0.39, 0.29) is 11.1 Å². The van der Waals surface area contributed by atoms with E-state index in [4.69, 9.17) is 4.74 Å². The van der Waals surface area contributed by atoms with Crippen LogP contribution in [0.1, 0.15) is 25.8 Å². The number of rotatable bonds is 4. The Kier molecular flexibility index (Phi) is 5.64. The van der Waals surface area contributed by atoms with Crippen molar-refractivity contribution in [3.8, 4) is 5.75 Å². The maximum atomic E-state index is 11.8. The molecule has 6 heteroatoms. The summed E-state index contributed by atoms with van der Waals surface area (Å²) in [6, 6.07) is 7.00. The zero-order valence-electron chi connectivity index (χ0n) is 11.8. The van der Waals surface area contributed by atoms with Crippen LogP contribution in [-0.4, -0.2) is 21.2 Å². The molecule has 0 aromatic heterocycles. The van der Waals surface area contributed by atoms with E-state index in [2.05, 4.69) is 4.99 Å². The standard InChI is InChI=1S/C15H15NO3S2/c1-3-13(17)19-11-7-5-10(6-8-11)9-12-14(18)21-15(16-12)20-4-2/h5-9H,3-4H2,1-2H3/b12-9-. The van der Waals surface area contributed by atoms with Gasteiger partial charge in [0.1, 0.15) is 15.8 Å². The van der Waals surface area contributed by atoms with Gasteiger partial charge in [-0.3, -0.25) is 9.59 Å². The van der Waals surface area contributed by atoms with Gasteiger partial charge in [0.05, 0.1) is 0 Å². The van der Waals surface area contributed by atoms with Gasteiger partial charge in [0.15, 0.2) is 0 Å². The monoisotopic (exact) mass is 321 g/mol. The molecule has 1 heterocycles. The fourth-order valence-electron chi connectivity index (χ4n) is 1.57. The number of aliphatic imine (C=N–C) groups is 1. The predicted octanol–water partition coefficient (Wildman–Crippen LogP) is 3.73. The molecule has 0 saturated heterocycles. The Balaban J connectivity index is 2.11. The van der Waals surface area contributed by atoms with E-state index in [0.717, 1.165) is 15.7 Å². The molecule has 4 nitrogen and oxygen atoms in total. The molecule has 0 spiro atoms. The molecule has 0 bridgehead atoms. The van der Waals surface area contributed by atoms with Gasteiger partial charge in [0.2, 0.25) is 5.12 Å². The van der Waals surface area contributed by atoms with Gasteiger partial charge in [0.25, 0.3) is 0 Å². The Labute approximate surface area is 132 Å². The highest BCUT2D eigenvalue weighted by atomic mass is 32.2. The van der Waals surface area contributed by atoms with Gasteiger partial charge < -0.3 is 4.74 Å². The molecule has 1 aliphatic heterocycles. The van der Waals surface area contributed by atoms with Crippen LogP contribution in [0, 0.1) is 0 Å². The molecule has 0 aliphatic carbocycles. The Morgan fingerprint density at radius 3 is 2.67 bits per heavy atom. The first-order valence-corrected chi connectivity index (χ1v) is 8.38. The van der Waals surface area contributed by atoms with Crippen molar-refractivity contribution >= 4 is 45.1 Å². The van der Waals surface area contributed by atoms with Gasteiger partial charge in [-0.25, -0.2) is 4.99 Å². The third kappa shape index (κ3) is 4.47. The zero-order valence-corrected chi connectivity index (χ0v) is 13.4. The topological polar surface area (TPSA) is 55.7 Å². The summed E-state index contributed by atoms with van der Waals surface area (Å²) in [6.45, 7) is 3.77. The number of carbonyl (C=O) groups excluding carboxylic acids is 2. The summed E-state index contributed by atoms with van der Waals surface area (Å²) in [6.07, 6.45) is 2.08. The lowest BCUT2D eigenvalue weighted by atomic mass is 10.2.